The summed E-state index contributed by atoms with van der Waals surface area (Å²) in [6.07, 6.45) is 4.02. The molecule has 1 rings (SSSR count). The molecule has 0 saturated carbocycles. The minimum absolute atomic E-state index is 0.216. The fourth-order valence-electron chi connectivity index (χ4n) is 1.62. The first-order chi connectivity index (χ1) is 8.93. The van der Waals surface area contributed by atoms with Gasteiger partial charge in [-0.3, -0.25) is 0 Å². The summed E-state index contributed by atoms with van der Waals surface area (Å²) in [5.41, 5.74) is 1.23. The number of benzene rings is 1. The van der Waals surface area contributed by atoms with Gasteiger partial charge < -0.3 is 14.6 Å². The van der Waals surface area contributed by atoms with Crippen LogP contribution in [0.25, 0.3) is 0 Å². The molecule has 3 nitrogen and oxygen atoms in total. The van der Waals surface area contributed by atoms with Crippen LogP contribution in [0.3, 0.4) is 0 Å². The highest BCUT2D eigenvalue weighted by atomic mass is 16.5. The van der Waals surface area contributed by atoms with E-state index in [0.29, 0.717) is 13.2 Å². The number of aliphatic hydroxyl groups is 1. The van der Waals surface area contributed by atoms with Crippen molar-refractivity contribution in [2.45, 2.75) is 32.3 Å². The summed E-state index contributed by atoms with van der Waals surface area (Å²) in [6, 6.07) is 10.2. The number of unbranched alkanes of at least 4 members (excludes halogenated alkanes) is 2. The van der Waals surface area contributed by atoms with Crippen molar-refractivity contribution in [1.29, 1.82) is 0 Å². The van der Waals surface area contributed by atoms with E-state index in [2.05, 4.69) is 12.1 Å². The molecule has 1 aromatic rings. The molecule has 0 bridgehead atoms. The summed E-state index contributed by atoms with van der Waals surface area (Å²) in [5, 5.41) is 8.56. The molecule has 0 fully saturated rings. The van der Waals surface area contributed by atoms with Crippen molar-refractivity contribution < 1.29 is 14.6 Å². The smallest absolute Gasteiger partial charge is 0.0716 e. The van der Waals surface area contributed by atoms with Crippen molar-refractivity contribution in [2.24, 2.45) is 0 Å². The third-order valence-corrected chi connectivity index (χ3v) is 2.64. The van der Waals surface area contributed by atoms with E-state index in [9.17, 15) is 0 Å². The number of hydrogen-bond donors (Lipinski definition) is 1. The highest BCUT2D eigenvalue weighted by molar-refractivity contribution is 5.13. The molecule has 1 N–H and O–H groups in total. The maximum atomic E-state index is 8.56. The highest BCUT2D eigenvalue weighted by Crippen LogP contribution is 2.02. The number of aliphatic hydroxyl groups excluding tert-OH is 1. The second kappa shape index (κ2) is 11.2. The van der Waals surface area contributed by atoms with Crippen molar-refractivity contribution in [3.63, 3.8) is 0 Å². The molecular formula is C15H24O3. The lowest BCUT2D eigenvalue weighted by Crippen LogP contribution is -2.00. The molecule has 0 aliphatic rings. The largest absolute Gasteiger partial charge is 0.396 e. The molecule has 0 saturated heterocycles. The zero-order chi connectivity index (χ0) is 12.9. The Morgan fingerprint density at radius 3 is 2.17 bits per heavy atom. The van der Waals surface area contributed by atoms with Crippen molar-refractivity contribution >= 4 is 0 Å². The van der Waals surface area contributed by atoms with Crippen LogP contribution in [0.4, 0.5) is 0 Å². The Morgan fingerprint density at radius 2 is 1.44 bits per heavy atom. The summed E-state index contributed by atoms with van der Waals surface area (Å²) < 4.78 is 10.9. The predicted octanol–water partition coefficient (Wildman–Crippen LogP) is 2.77. The van der Waals surface area contributed by atoms with Crippen LogP contribution >= 0.6 is 0 Å². The van der Waals surface area contributed by atoms with E-state index in [-0.39, 0.29) is 6.61 Å². The Morgan fingerprint density at radius 1 is 0.778 bits per heavy atom. The molecule has 1 aromatic carbocycles. The fraction of sp³-hybridized carbons (Fsp3) is 0.600. The SMILES string of the molecule is OCCCOCCCCCOCc1ccccc1. The van der Waals surface area contributed by atoms with E-state index in [1.165, 1.54) is 5.56 Å². The van der Waals surface area contributed by atoms with E-state index >= 15 is 0 Å². The maximum Gasteiger partial charge on any atom is 0.0716 e. The van der Waals surface area contributed by atoms with Crippen LogP contribution in [0.5, 0.6) is 0 Å². The molecule has 0 aliphatic carbocycles. The molecule has 18 heavy (non-hydrogen) atoms. The minimum atomic E-state index is 0.216. The predicted molar refractivity (Wildman–Crippen MR) is 72.5 cm³/mol. The van der Waals surface area contributed by atoms with Crippen molar-refractivity contribution in [3.8, 4) is 0 Å². The van der Waals surface area contributed by atoms with Gasteiger partial charge in [0.25, 0.3) is 0 Å². The topological polar surface area (TPSA) is 38.7 Å². The molecule has 0 atom stereocenters. The lowest BCUT2D eigenvalue weighted by molar-refractivity contribution is 0.101. The van der Waals surface area contributed by atoms with Crippen LogP contribution in [0.15, 0.2) is 30.3 Å². The molecule has 102 valence electrons. The molecule has 0 spiro atoms. The van der Waals surface area contributed by atoms with E-state index in [1.807, 2.05) is 18.2 Å². The van der Waals surface area contributed by atoms with Gasteiger partial charge in [-0.2, -0.15) is 0 Å². The van der Waals surface area contributed by atoms with Crippen LogP contribution in [0.1, 0.15) is 31.2 Å². The van der Waals surface area contributed by atoms with Crippen LogP contribution in [0, 0.1) is 0 Å². The van der Waals surface area contributed by atoms with E-state index in [1.54, 1.807) is 0 Å². The summed E-state index contributed by atoms with van der Waals surface area (Å²) in [5.74, 6) is 0. The summed E-state index contributed by atoms with van der Waals surface area (Å²) >= 11 is 0. The van der Waals surface area contributed by atoms with Crippen LogP contribution < -0.4 is 0 Å². The van der Waals surface area contributed by atoms with Gasteiger partial charge in [-0.05, 0) is 31.2 Å². The molecule has 0 aromatic heterocycles. The first kappa shape index (κ1) is 15.2. The monoisotopic (exact) mass is 252 g/mol. The van der Waals surface area contributed by atoms with Gasteiger partial charge in [0.2, 0.25) is 0 Å². The number of rotatable bonds is 11. The average molecular weight is 252 g/mol. The average Bonchev–Trinajstić information content (AvgIpc) is 2.42. The third-order valence-electron chi connectivity index (χ3n) is 2.64. The summed E-state index contributed by atoms with van der Waals surface area (Å²) in [4.78, 5) is 0. The second-order valence-corrected chi connectivity index (χ2v) is 4.29. The summed E-state index contributed by atoms with van der Waals surface area (Å²) in [7, 11) is 0. The van der Waals surface area contributed by atoms with Gasteiger partial charge in [-0.1, -0.05) is 30.3 Å². The van der Waals surface area contributed by atoms with Gasteiger partial charge in [0.05, 0.1) is 6.61 Å². The molecule has 3 heteroatoms. The molecule has 0 heterocycles. The first-order valence-electron chi connectivity index (χ1n) is 6.74. The van der Waals surface area contributed by atoms with E-state index in [0.717, 1.165) is 38.9 Å². The quantitative estimate of drug-likeness (QED) is 0.615. The van der Waals surface area contributed by atoms with Gasteiger partial charge in [0.1, 0.15) is 0 Å². The van der Waals surface area contributed by atoms with Crippen molar-refractivity contribution in [3.05, 3.63) is 35.9 Å². The number of ether oxygens (including phenoxy) is 2. The standard InChI is InChI=1S/C15H24O3/c16-10-7-13-17-11-5-2-6-12-18-14-15-8-3-1-4-9-15/h1,3-4,8-9,16H,2,5-7,10-14H2. The molecular weight excluding hydrogens is 228 g/mol. The molecule has 0 unspecified atom stereocenters. The summed E-state index contributed by atoms with van der Waals surface area (Å²) in [6.45, 7) is 3.19. The lowest BCUT2D eigenvalue weighted by Gasteiger charge is -2.05. The van der Waals surface area contributed by atoms with Crippen LogP contribution in [-0.2, 0) is 16.1 Å². The Hall–Kier alpha value is -0.900. The van der Waals surface area contributed by atoms with Gasteiger partial charge in [0.15, 0.2) is 0 Å². The van der Waals surface area contributed by atoms with Crippen LogP contribution in [-0.4, -0.2) is 31.5 Å². The Balaban J connectivity index is 1.82. The Bertz CT molecular complexity index is 274. The Kier molecular flexibility index (Phi) is 9.44. The lowest BCUT2D eigenvalue weighted by atomic mass is 10.2. The molecule has 0 amide bonds. The third kappa shape index (κ3) is 8.23. The van der Waals surface area contributed by atoms with Gasteiger partial charge >= 0.3 is 0 Å². The number of hydrogen-bond acceptors (Lipinski definition) is 3. The zero-order valence-corrected chi connectivity index (χ0v) is 11.0. The first-order valence-corrected chi connectivity index (χ1v) is 6.74. The van der Waals surface area contributed by atoms with Crippen molar-refractivity contribution in [1.82, 2.24) is 0 Å². The van der Waals surface area contributed by atoms with Gasteiger partial charge in [-0.15, -0.1) is 0 Å². The molecule has 0 radical (unpaired) electrons. The Labute approximate surface area is 110 Å². The van der Waals surface area contributed by atoms with E-state index < -0.39 is 0 Å². The van der Waals surface area contributed by atoms with Gasteiger partial charge in [-0.25, -0.2) is 0 Å². The van der Waals surface area contributed by atoms with Gasteiger partial charge in [0, 0.05) is 26.4 Å². The zero-order valence-electron chi connectivity index (χ0n) is 11.0. The highest BCUT2D eigenvalue weighted by Gasteiger charge is 1.93. The maximum absolute atomic E-state index is 8.56. The normalized spacial score (nSPS) is 10.7. The fourth-order valence-corrected chi connectivity index (χ4v) is 1.62. The van der Waals surface area contributed by atoms with Crippen molar-refractivity contribution in [2.75, 3.05) is 26.4 Å². The second-order valence-electron chi connectivity index (χ2n) is 4.29. The molecule has 0 aliphatic heterocycles. The van der Waals surface area contributed by atoms with E-state index in [4.69, 9.17) is 14.6 Å². The minimum Gasteiger partial charge on any atom is -0.396 e. The van der Waals surface area contributed by atoms with Crippen LogP contribution in [0.2, 0.25) is 0 Å².